The van der Waals surface area contributed by atoms with Gasteiger partial charge in [0, 0.05) is 19.7 Å². The number of hydrogen-bond donors (Lipinski definition) is 2. The summed E-state index contributed by atoms with van der Waals surface area (Å²) in [5.74, 6) is 2.66. The summed E-state index contributed by atoms with van der Waals surface area (Å²) < 4.78 is 22.7. The summed E-state index contributed by atoms with van der Waals surface area (Å²) in [5, 5.41) is 5.41. The summed E-state index contributed by atoms with van der Waals surface area (Å²) in [6.45, 7) is 11.2. The second-order valence-corrected chi connectivity index (χ2v) is 13.6. The number of benzene rings is 1. The van der Waals surface area contributed by atoms with E-state index in [1.54, 1.807) is 0 Å². The Morgan fingerprint density at radius 1 is 0.696 bits per heavy atom. The van der Waals surface area contributed by atoms with Crippen LogP contribution in [0.2, 0.25) is 0 Å². The van der Waals surface area contributed by atoms with Crippen LogP contribution in [0.5, 0.6) is 5.75 Å². The molecule has 2 amide bonds. The van der Waals surface area contributed by atoms with E-state index in [9.17, 15) is 9.59 Å². The predicted molar refractivity (Wildman–Crippen MR) is 187 cm³/mol. The summed E-state index contributed by atoms with van der Waals surface area (Å²) in [6, 6.07) is 8.90. The van der Waals surface area contributed by atoms with E-state index in [1.807, 2.05) is 20.8 Å². The predicted octanol–water partition coefficient (Wildman–Crippen LogP) is 9.56. The molecule has 0 radical (unpaired) electrons. The summed E-state index contributed by atoms with van der Waals surface area (Å²) in [7, 11) is 0. The minimum atomic E-state index is -0.624. The van der Waals surface area contributed by atoms with Gasteiger partial charge in [0.15, 0.2) is 0 Å². The first kappa shape index (κ1) is 39.7. The Hall–Kier alpha value is -2.48. The number of ether oxygens (including phenoxy) is 4. The molecule has 0 heterocycles. The van der Waals surface area contributed by atoms with Crippen LogP contribution < -0.4 is 15.4 Å². The van der Waals surface area contributed by atoms with Gasteiger partial charge in [-0.15, -0.1) is 0 Å². The third-order valence-corrected chi connectivity index (χ3v) is 8.96. The van der Waals surface area contributed by atoms with Crippen molar-refractivity contribution in [3.8, 4) is 5.75 Å². The lowest BCUT2D eigenvalue weighted by atomic mass is 9.77. The van der Waals surface area contributed by atoms with E-state index in [0.717, 1.165) is 69.1 Å². The molecular weight excluding hydrogens is 580 g/mol. The highest BCUT2D eigenvalue weighted by molar-refractivity contribution is 5.67. The van der Waals surface area contributed by atoms with Gasteiger partial charge < -0.3 is 29.6 Å². The topological polar surface area (TPSA) is 95.1 Å². The Kier molecular flexibility index (Phi) is 21.3. The first-order chi connectivity index (χ1) is 22.4. The molecule has 8 heteroatoms. The minimum Gasteiger partial charge on any atom is -0.494 e. The molecule has 0 saturated heterocycles. The van der Waals surface area contributed by atoms with Crippen molar-refractivity contribution < 1.29 is 28.5 Å². The van der Waals surface area contributed by atoms with Crippen molar-refractivity contribution in [3.05, 3.63) is 29.8 Å². The monoisotopic (exact) mass is 646 g/mol. The molecule has 0 unspecified atom stereocenters. The zero-order valence-corrected chi connectivity index (χ0v) is 29.7. The zero-order valence-electron chi connectivity index (χ0n) is 29.7. The maximum atomic E-state index is 11.9. The fourth-order valence-electron chi connectivity index (χ4n) is 5.99. The van der Waals surface area contributed by atoms with Crippen molar-refractivity contribution in [2.75, 3.05) is 46.1 Å². The standard InChI is InChI=1S/C38H66N2O6/c1-5-8-13-16-32-17-19-33(20-18-32)34-21-23-35(24-22-34)44-28-15-12-10-9-11-14-27-43-29-38(4,30-45-36(41)39-25-6-2)31-46-37(42)40-26-7-3/h21-24,32-33H,5-20,25-31H2,1-4H3,(H,39,41)(H,40,42). The van der Waals surface area contributed by atoms with E-state index in [2.05, 4.69) is 41.8 Å². The highest BCUT2D eigenvalue weighted by Crippen LogP contribution is 2.38. The molecule has 1 aliphatic rings. The molecule has 46 heavy (non-hydrogen) atoms. The van der Waals surface area contributed by atoms with Gasteiger partial charge in [0.25, 0.3) is 0 Å². The third-order valence-electron chi connectivity index (χ3n) is 8.96. The highest BCUT2D eigenvalue weighted by atomic mass is 16.6. The molecule has 1 aliphatic carbocycles. The SMILES string of the molecule is CCCCCC1CCC(c2ccc(OCCCCCCCCOCC(C)(COC(=O)NCCC)COC(=O)NCCC)cc2)CC1. The largest absolute Gasteiger partial charge is 0.494 e. The van der Waals surface area contributed by atoms with E-state index in [1.165, 1.54) is 63.4 Å². The van der Waals surface area contributed by atoms with Crippen molar-refractivity contribution in [2.45, 2.75) is 136 Å². The number of alkyl carbamates (subject to hydrolysis) is 2. The Morgan fingerprint density at radius 3 is 1.83 bits per heavy atom. The number of nitrogens with one attached hydrogen (secondary N) is 2. The van der Waals surface area contributed by atoms with Crippen LogP contribution in [0.4, 0.5) is 9.59 Å². The van der Waals surface area contributed by atoms with Crippen LogP contribution in [0.1, 0.15) is 142 Å². The highest BCUT2D eigenvalue weighted by Gasteiger charge is 2.29. The number of carbonyl (C=O) groups excluding carboxylic acids is 2. The van der Waals surface area contributed by atoms with Gasteiger partial charge in [0.05, 0.1) is 18.6 Å². The van der Waals surface area contributed by atoms with Gasteiger partial charge in [0.2, 0.25) is 0 Å². The Morgan fingerprint density at radius 2 is 1.26 bits per heavy atom. The normalized spacial score (nSPS) is 16.5. The van der Waals surface area contributed by atoms with Gasteiger partial charge in [-0.3, -0.25) is 0 Å². The average Bonchev–Trinajstić information content (AvgIpc) is 3.07. The van der Waals surface area contributed by atoms with Gasteiger partial charge in [-0.25, -0.2) is 9.59 Å². The van der Waals surface area contributed by atoms with Gasteiger partial charge in [-0.05, 0) is 80.9 Å². The number of rotatable bonds is 25. The van der Waals surface area contributed by atoms with Crippen LogP contribution in [0, 0.1) is 11.3 Å². The van der Waals surface area contributed by atoms with Gasteiger partial charge in [0.1, 0.15) is 19.0 Å². The zero-order chi connectivity index (χ0) is 33.3. The van der Waals surface area contributed by atoms with E-state index < -0.39 is 17.6 Å². The van der Waals surface area contributed by atoms with Crippen molar-refractivity contribution in [1.82, 2.24) is 10.6 Å². The lowest BCUT2D eigenvalue weighted by Gasteiger charge is -2.29. The minimum absolute atomic E-state index is 0.107. The van der Waals surface area contributed by atoms with E-state index in [0.29, 0.717) is 26.3 Å². The average molecular weight is 647 g/mol. The third kappa shape index (κ3) is 18.0. The summed E-state index contributed by atoms with van der Waals surface area (Å²) >= 11 is 0. The van der Waals surface area contributed by atoms with Gasteiger partial charge in [-0.1, -0.05) is 91.2 Å². The van der Waals surface area contributed by atoms with Crippen molar-refractivity contribution in [3.63, 3.8) is 0 Å². The van der Waals surface area contributed by atoms with Gasteiger partial charge >= 0.3 is 12.2 Å². The molecule has 1 saturated carbocycles. The fourth-order valence-corrected chi connectivity index (χ4v) is 5.99. The van der Waals surface area contributed by atoms with Crippen molar-refractivity contribution in [1.29, 1.82) is 0 Å². The van der Waals surface area contributed by atoms with Crippen molar-refractivity contribution in [2.24, 2.45) is 11.3 Å². The van der Waals surface area contributed by atoms with Crippen LogP contribution >= 0.6 is 0 Å². The summed E-state index contributed by atoms with van der Waals surface area (Å²) in [5.41, 5.74) is 0.861. The van der Waals surface area contributed by atoms with E-state index in [4.69, 9.17) is 18.9 Å². The molecule has 8 nitrogen and oxygen atoms in total. The van der Waals surface area contributed by atoms with Crippen LogP contribution in [-0.2, 0) is 14.2 Å². The van der Waals surface area contributed by atoms with E-state index >= 15 is 0 Å². The lowest BCUT2D eigenvalue weighted by Crippen LogP contribution is -2.39. The Bertz CT molecular complexity index is 892. The van der Waals surface area contributed by atoms with Crippen LogP contribution in [-0.4, -0.2) is 58.3 Å². The smallest absolute Gasteiger partial charge is 0.407 e. The van der Waals surface area contributed by atoms with Crippen LogP contribution in [0.15, 0.2) is 24.3 Å². The molecule has 2 rings (SSSR count). The molecular formula is C38H66N2O6. The number of carbonyl (C=O) groups is 2. The van der Waals surface area contributed by atoms with Crippen LogP contribution in [0.3, 0.4) is 0 Å². The van der Waals surface area contributed by atoms with E-state index in [-0.39, 0.29) is 13.2 Å². The summed E-state index contributed by atoms with van der Waals surface area (Å²) in [6.07, 6.45) is 18.4. The second kappa shape index (κ2) is 24.7. The molecule has 0 spiro atoms. The number of amides is 2. The molecule has 2 N–H and O–H groups in total. The quantitative estimate of drug-likeness (QED) is 0.103. The molecule has 0 atom stereocenters. The van der Waals surface area contributed by atoms with Crippen molar-refractivity contribution >= 4 is 12.2 Å². The molecule has 1 aromatic carbocycles. The van der Waals surface area contributed by atoms with Gasteiger partial charge in [-0.2, -0.15) is 0 Å². The Balaban J connectivity index is 1.54. The first-order valence-corrected chi connectivity index (χ1v) is 18.5. The molecule has 0 aliphatic heterocycles. The van der Waals surface area contributed by atoms with Crippen LogP contribution in [0.25, 0.3) is 0 Å². The lowest BCUT2D eigenvalue weighted by molar-refractivity contribution is -0.0265. The molecule has 1 fully saturated rings. The maximum absolute atomic E-state index is 11.9. The fraction of sp³-hybridized carbons (Fsp3) is 0.789. The summed E-state index contributed by atoms with van der Waals surface area (Å²) in [4.78, 5) is 23.9. The second-order valence-electron chi connectivity index (χ2n) is 13.6. The Labute approximate surface area is 280 Å². The molecule has 1 aromatic rings. The molecule has 0 aromatic heterocycles. The maximum Gasteiger partial charge on any atom is 0.407 e. The number of unbranched alkanes of at least 4 members (excludes halogenated alkanes) is 7. The molecule has 0 bridgehead atoms. The molecule has 264 valence electrons. The number of hydrogen-bond acceptors (Lipinski definition) is 6. The first-order valence-electron chi connectivity index (χ1n) is 18.5.